The van der Waals surface area contributed by atoms with Gasteiger partial charge in [-0.25, -0.2) is 0 Å². The molecule has 2 aromatic rings. The van der Waals surface area contributed by atoms with E-state index >= 15 is 0 Å². The maximum absolute atomic E-state index is 11.7. The molecular formula is C11H11N3O3. The van der Waals surface area contributed by atoms with E-state index in [1.807, 2.05) is 0 Å². The van der Waals surface area contributed by atoms with Crippen LogP contribution in [-0.4, -0.2) is 18.2 Å². The summed E-state index contributed by atoms with van der Waals surface area (Å²) < 4.78 is 9.62. The van der Waals surface area contributed by atoms with E-state index in [1.165, 1.54) is 19.4 Å². The lowest BCUT2D eigenvalue weighted by atomic mass is 10.2. The third-order valence-electron chi connectivity index (χ3n) is 2.18. The maximum atomic E-state index is 11.7. The number of rotatable bonds is 3. The highest BCUT2D eigenvalue weighted by molar-refractivity contribution is 6.04. The number of hydrogen-bond acceptors (Lipinski definition) is 5. The van der Waals surface area contributed by atoms with Crippen molar-refractivity contribution in [3.63, 3.8) is 0 Å². The Morgan fingerprint density at radius 3 is 2.94 bits per heavy atom. The lowest BCUT2D eigenvalue weighted by molar-refractivity contribution is 0.101. The largest absolute Gasteiger partial charge is 0.497 e. The van der Waals surface area contributed by atoms with Crippen molar-refractivity contribution in [2.75, 3.05) is 18.2 Å². The second-order valence-corrected chi connectivity index (χ2v) is 3.29. The Hall–Kier alpha value is -2.50. The van der Waals surface area contributed by atoms with Crippen LogP contribution < -0.4 is 15.8 Å². The average molecular weight is 233 g/mol. The number of nitrogen functional groups attached to an aromatic ring is 1. The monoisotopic (exact) mass is 233 g/mol. The highest BCUT2D eigenvalue weighted by atomic mass is 16.5. The first kappa shape index (κ1) is 11.0. The van der Waals surface area contributed by atoms with Crippen LogP contribution in [0.25, 0.3) is 0 Å². The summed E-state index contributed by atoms with van der Waals surface area (Å²) in [7, 11) is 1.54. The van der Waals surface area contributed by atoms with Gasteiger partial charge in [-0.05, 0) is 12.1 Å². The molecule has 0 bridgehead atoms. The minimum atomic E-state index is -0.390. The molecule has 1 aromatic heterocycles. The van der Waals surface area contributed by atoms with E-state index < -0.39 is 5.91 Å². The van der Waals surface area contributed by atoms with Gasteiger partial charge >= 0.3 is 0 Å². The Labute approximate surface area is 97.3 Å². The molecule has 1 heterocycles. The second kappa shape index (κ2) is 4.56. The number of aromatic nitrogens is 1. The van der Waals surface area contributed by atoms with Crippen molar-refractivity contribution in [2.45, 2.75) is 0 Å². The maximum Gasteiger partial charge on any atom is 0.277 e. The van der Waals surface area contributed by atoms with Crippen LogP contribution in [-0.2, 0) is 0 Å². The van der Waals surface area contributed by atoms with E-state index in [0.717, 1.165) is 0 Å². The molecule has 0 fully saturated rings. The predicted molar refractivity (Wildman–Crippen MR) is 61.9 cm³/mol. The highest BCUT2D eigenvalue weighted by Gasteiger charge is 2.11. The van der Waals surface area contributed by atoms with Gasteiger partial charge in [0.05, 0.1) is 18.5 Å². The van der Waals surface area contributed by atoms with Gasteiger partial charge < -0.3 is 20.3 Å². The van der Waals surface area contributed by atoms with Gasteiger partial charge in [0, 0.05) is 12.1 Å². The van der Waals surface area contributed by atoms with Gasteiger partial charge in [-0.15, -0.1) is 0 Å². The SMILES string of the molecule is COc1ccc(N)c(NC(=O)c2ccon2)c1. The number of nitrogens with two attached hydrogens (primary N) is 1. The van der Waals surface area contributed by atoms with Crippen LogP contribution in [0, 0.1) is 0 Å². The number of anilines is 2. The van der Waals surface area contributed by atoms with Gasteiger partial charge in [-0.2, -0.15) is 0 Å². The van der Waals surface area contributed by atoms with Crippen molar-refractivity contribution in [2.24, 2.45) is 0 Å². The molecule has 0 unspecified atom stereocenters. The van der Waals surface area contributed by atoms with E-state index in [0.29, 0.717) is 17.1 Å². The number of ether oxygens (including phenoxy) is 1. The Bertz CT molecular complexity index is 523. The minimum absolute atomic E-state index is 0.187. The molecule has 6 heteroatoms. The lowest BCUT2D eigenvalue weighted by Gasteiger charge is -2.08. The zero-order chi connectivity index (χ0) is 12.3. The van der Waals surface area contributed by atoms with Crippen LogP contribution in [0.2, 0.25) is 0 Å². The van der Waals surface area contributed by atoms with Gasteiger partial charge in [0.15, 0.2) is 5.69 Å². The predicted octanol–water partition coefficient (Wildman–Crippen LogP) is 1.52. The second-order valence-electron chi connectivity index (χ2n) is 3.29. The molecule has 0 saturated carbocycles. The van der Waals surface area contributed by atoms with Gasteiger partial charge in [-0.1, -0.05) is 5.16 Å². The molecule has 0 atom stereocenters. The quantitative estimate of drug-likeness (QED) is 0.784. The van der Waals surface area contributed by atoms with Crippen molar-refractivity contribution in [1.82, 2.24) is 5.16 Å². The van der Waals surface area contributed by atoms with E-state index in [2.05, 4.69) is 15.0 Å². The van der Waals surface area contributed by atoms with Crippen molar-refractivity contribution in [1.29, 1.82) is 0 Å². The van der Waals surface area contributed by atoms with Crippen LogP contribution >= 0.6 is 0 Å². The topological polar surface area (TPSA) is 90.4 Å². The number of amides is 1. The molecule has 0 aliphatic heterocycles. The summed E-state index contributed by atoms with van der Waals surface area (Å²) in [5.41, 5.74) is 6.84. The number of benzene rings is 1. The summed E-state index contributed by atoms with van der Waals surface area (Å²) in [6, 6.07) is 6.46. The lowest BCUT2D eigenvalue weighted by Crippen LogP contribution is -2.13. The van der Waals surface area contributed by atoms with Crippen molar-refractivity contribution < 1.29 is 14.1 Å². The molecule has 1 amide bonds. The Morgan fingerprint density at radius 1 is 1.47 bits per heavy atom. The number of carbonyl (C=O) groups excluding carboxylic acids is 1. The minimum Gasteiger partial charge on any atom is -0.497 e. The molecule has 88 valence electrons. The molecule has 2 rings (SSSR count). The zero-order valence-electron chi connectivity index (χ0n) is 9.14. The van der Waals surface area contributed by atoms with Gasteiger partial charge in [-0.3, -0.25) is 4.79 Å². The third kappa shape index (κ3) is 2.36. The van der Waals surface area contributed by atoms with E-state index in [1.54, 1.807) is 18.2 Å². The van der Waals surface area contributed by atoms with Gasteiger partial charge in [0.2, 0.25) is 0 Å². The van der Waals surface area contributed by atoms with Crippen LogP contribution in [0.1, 0.15) is 10.5 Å². The summed E-state index contributed by atoms with van der Waals surface area (Å²) in [6.07, 6.45) is 1.32. The van der Waals surface area contributed by atoms with E-state index in [4.69, 9.17) is 10.5 Å². The number of nitrogens with one attached hydrogen (secondary N) is 1. The molecule has 0 radical (unpaired) electrons. The van der Waals surface area contributed by atoms with Crippen molar-refractivity contribution in [3.05, 3.63) is 36.2 Å². The smallest absolute Gasteiger partial charge is 0.277 e. The van der Waals surface area contributed by atoms with Crippen LogP contribution in [0.5, 0.6) is 5.75 Å². The first-order valence-corrected chi connectivity index (χ1v) is 4.86. The summed E-state index contributed by atoms with van der Waals surface area (Å²) in [5.74, 6) is 0.216. The molecule has 3 N–H and O–H groups in total. The number of nitrogens with zero attached hydrogens (tertiary/aromatic N) is 1. The van der Waals surface area contributed by atoms with Crippen LogP contribution in [0.15, 0.2) is 35.1 Å². The fourth-order valence-corrected chi connectivity index (χ4v) is 1.29. The molecule has 6 nitrogen and oxygen atoms in total. The van der Waals surface area contributed by atoms with Crippen molar-refractivity contribution in [3.8, 4) is 5.75 Å². The van der Waals surface area contributed by atoms with E-state index in [9.17, 15) is 4.79 Å². The molecule has 0 saturated heterocycles. The first-order valence-electron chi connectivity index (χ1n) is 4.86. The number of methoxy groups -OCH3 is 1. The molecule has 0 aliphatic carbocycles. The first-order chi connectivity index (χ1) is 8.20. The summed E-state index contributed by atoms with van der Waals surface area (Å²) in [6.45, 7) is 0. The fourth-order valence-electron chi connectivity index (χ4n) is 1.29. The molecule has 1 aromatic carbocycles. The van der Waals surface area contributed by atoms with E-state index in [-0.39, 0.29) is 5.69 Å². The van der Waals surface area contributed by atoms with Crippen LogP contribution in [0.3, 0.4) is 0 Å². The summed E-state index contributed by atoms with van der Waals surface area (Å²) in [5, 5.41) is 6.15. The van der Waals surface area contributed by atoms with Gasteiger partial charge in [0.25, 0.3) is 5.91 Å². The Kier molecular flexibility index (Phi) is 2.95. The molecule has 0 aliphatic rings. The standard InChI is InChI=1S/C11H11N3O3/c1-16-7-2-3-8(12)10(6-7)13-11(15)9-4-5-17-14-9/h2-6H,12H2,1H3,(H,13,15). The number of carbonyl (C=O) groups is 1. The average Bonchev–Trinajstić information content (AvgIpc) is 2.85. The zero-order valence-corrected chi connectivity index (χ0v) is 9.14. The molecule has 17 heavy (non-hydrogen) atoms. The fraction of sp³-hybridized carbons (Fsp3) is 0.0909. The van der Waals surface area contributed by atoms with Crippen LogP contribution in [0.4, 0.5) is 11.4 Å². The van der Waals surface area contributed by atoms with Gasteiger partial charge in [0.1, 0.15) is 12.0 Å². The third-order valence-corrected chi connectivity index (χ3v) is 2.18. The normalized spacial score (nSPS) is 9.94. The summed E-state index contributed by atoms with van der Waals surface area (Å²) >= 11 is 0. The Balaban J connectivity index is 2.21. The molecule has 0 spiro atoms. The van der Waals surface area contributed by atoms with Crippen molar-refractivity contribution >= 4 is 17.3 Å². The Morgan fingerprint density at radius 2 is 2.29 bits per heavy atom. The molecular weight excluding hydrogens is 222 g/mol. The number of hydrogen-bond donors (Lipinski definition) is 2. The summed E-state index contributed by atoms with van der Waals surface area (Å²) in [4.78, 5) is 11.7. The highest BCUT2D eigenvalue weighted by Crippen LogP contribution is 2.24.